The van der Waals surface area contributed by atoms with Crippen molar-refractivity contribution < 1.29 is 4.79 Å². The van der Waals surface area contributed by atoms with Gasteiger partial charge in [0.1, 0.15) is 5.82 Å². The quantitative estimate of drug-likeness (QED) is 0.830. The summed E-state index contributed by atoms with van der Waals surface area (Å²) < 4.78 is 2.45. The molecule has 2 heterocycles. The fraction of sp³-hybridized carbons (Fsp3) is 0.312. The first-order chi connectivity index (χ1) is 11.0. The number of piperazine rings is 1. The highest BCUT2D eigenvalue weighted by Crippen LogP contribution is 2.26. The maximum atomic E-state index is 12.2. The summed E-state index contributed by atoms with van der Waals surface area (Å²) in [5, 5.41) is 2.84. The van der Waals surface area contributed by atoms with Crippen molar-refractivity contribution in [3.63, 3.8) is 0 Å². The third-order valence-electron chi connectivity index (χ3n) is 4.16. The first kappa shape index (κ1) is 15.1. The molecular weight excluding hydrogens is 296 g/mol. The molecule has 1 aliphatic rings. The lowest BCUT2D eigenvalue weighted by atomic mass is 10.0. The van der Waals surface area contributed by atoms with Gasteiger partial charge in [-0.25, -0.2) is 4.79 Å². The number of rotatable bonds is 2. The predicted octanol–water partition coefficient (Wildman–Crippen LogP) is -0.239. The van der Waals surface area contributed by atoms with Gasteiger partial charge in [-0.15, -0.1) is 0 Å². The highest BCUT2D eigenvalue weighted by atomic mass is 16.2. The van der Waals surface area contributed by atoms with Crippen LogP contribution in [0.5, 0.6) is 0 Å². The zero-order valence-corrected chi connectivity index (χ0v) is 13.0. The van der Waals surface area contributed by atoms with Crippen LogP contribution in [-0.4, -0.2) is 28.1 Å². The lowest BCUT2D eigenvalue weighted by Crippen LogP contribution is -2.52. The molecule has 0 bridgehead atoms. The van der Waals surface area contributed by atoms with Crippen LogP contribution >= 0.6 is 0 Å². The first-order valence-electron chi connectivity index (χ1n) is 7.34. The lowest BCUT2D eigenvalue weighted by Gasteiger charge is -2.38. The van der Waals surface area contributed by atoms with Crippen LogP contribution in [0.25, 0.3) is 0 Å². The Kier molecular flexibility index (Phi) is 3.77. The van der Waals surface area contributed by atoms with E-state index in [1.54, 1.807) is 11.9 Å². The van der Waals surface area contributed by atoms with E-state index >= 15 is 0 Å². The molecule has 1 fully saturated rings. The second-order valence-electron chi connectivity index (χ2n) is 5.60. The highest BCUT2D eigenvalue weighted by Gasteiger charge is 2.30. The predicted molar refractivity (Wildman–Crippen MR) is 86.5 cm³/mol. The van der Waals surface area contributed by atoms with E-state index in [-0.39, 0.29) is 24.1 Å². The normalized spacial score (nSPS) is 17.9. The SMILES string of the molecule is Cn1c(N2CC(=O)NCC2c2ccccc2)cc(=O)n(C)c1=O. The first-order valence-corrected chi connectivity index (χ1v) is 7.34. The van der Waals surface area contributed by atoms with Gasteiger partial charge in [-0.05, 0) is 5.56 Å². The Morgan fingerprint density at radius 3 is 2.43 bits per heavy atom. The van der Waals surface area contributed by atoms with Crippen molar-refractivity contribution in [3.8, 4) is 0 Å². The molecule has 3 rings (SSSR count). The van der Waals surface area contributed by atoms with Gasteiger partial charge in [0, 0.05) is 26.7 Å². The van der Waals surface area contributed by atoms with Crippen LogP contribution in [-0.2, 0) is 18.9 Å². The van der Waals surface area contributed by atoms with Crippen molar-refractivity contribution >= 4 is 11.7 Å². The van der Waals surface area contributed by atoms with E-state index in [1.165, 1.54) is 17.7 Å². The van der Waals surface area contributed by atoms with Gasteiger partial charge in [0.25, 0.3) is 5.56 Å². The summed E-state index contributed by atoms with van der Waals surface area (Å²) in [6.07, 6.45) is 0. The van der Waals surface area contributed by atoms with Crippen molar-refractivity contribution in [2.75, 3.05) is 18.0 Å². The van der Waals surface area contributed by atoms with E-state index in [4.69, 9.17) is 0 Å². The topological polar surface area (TPSA) is 76.3 Å². The van der Waals surface area contributed by atoms with E-state index < -0.39 is 5.69 Å². The van der Waals surface area contributed by atoms with Crippen LogP contribution in [0.3, 0.4) is 0 Å². The van der Waals surface area contributed by atoms with Crippen LogP contribution in [0.4, 0.5) is 5.82 Å². The minimum atomic E-state index is -0.412. The van der Waals surface area contributed by atoms with E-state index in [9.17, 15) is 14.4 Å². The van der Waals surface area contributed by atoms with E-state index in [2.05, 4.69) is 5.32 Å². The Morgan fingerprint density at radius 2 is 1.74 bits per heavy atom. The molecule has 1 unspecified atom stereocenters. The standard InChI is InChI=1S/C16H18N4O3/c1-18-14(8-15(22)19(2)16(18)23)20-10-13(21)17-9-12(20)11-6-4-3-5-7-11/h3-8,12H,9-10H2,1-2H3,(H,17,21). The summed E-state index contributed by atoms with van der Waals surface area (Å²) >= 11 is 0. The summed E-state index contributed by atoms with van der Waals surface area (Å²) in [6, 6.07) is 11.0. The molecule has 1 atom stereocenters. The molecule has 2 aromatic rings. The van der Waals surface area contributed by atoms with Gasteiger partial charge in [-0.2, -0.15) is 0 Å². The summed E-state index contributed by atoms with van der Waals surface area (Å²) in [6.45, 7) is 0.520. The van der Waals surface area contributed by atoms with Crippen LogP contribution in [0.1, 0.15) is 11.6 Å². The highest BCUT2D eigenvalue weighted by molar-refractivity contribution is 5.82. The maximum absolute atomic E-state index is 12.2. The van der Waals surface area contributed by atoms with Crippen molar-refractivity contribution in [2.45, 2.75) is 6.04 Å². The average molecular weight is 314 g/mol. The van der Waals surface area contributed by atoms with E-state index in [0.717, 1.165) is 10.1 Å². The zero-order valence-electron chi connectivity index (χ0n) is 13.0. The Morgan fingerprint density at radius 1 is 1.04 bits per heavy atom. The van der Waals surface area contributed by atoms with Gasteiger partial charge in [-0.3, -0.25) is 18.7 Å². The van der Waals surface area contributed by atoms with Gasteiger partial charge in [0.15, 0.2) is 0 Å². The summed E-state index contributed by atoms with van der Waals surface area (Å²) in [7, 11) is 3.04. The molecule has 23 heavy (non-hydrogen) atoms. The minimum absolute atomic E-state index is 0.0972. The summed E-state index contributed by atoms with van der Waals surface area (Å²) in [5.74, 6) is 0.312. The van der Waals surface area contributed by atoms with Crippen molar-refractivity contribution in [3.05, 3.63) is 62.8 Å². The number of hydrogen-bond acceptors (Lipinski definition) is 4. The van der Waals surface area contributed by atoms with Crippen molar-refractivity contribution in [1.29, 1.82) is 0 Å². The molecule has 1 amide bonds. The number of hydrogen-bond donors (Lipinski definition) is 1. The van der Waals surface area contributed by atoms with Gasteiger partial charge < -0.3 is 10.2 Å². The molecule has 1 aromatic heterocycles. The fourth-order valence-corrected chi connectivity index (χ4v) is 2.85. The van der Waals surface area contributed by atoms with Gasteiger partial charge in [0.2, 0.25) is 5.91 Å². The van der Waals surface area contributed by atoms with E-state index in [0.29, 0.717) is 12.4 Å². The lowest BCUT2D eigenvalue weighted by molar-refractivity contribution is -0.120. The molecule has 1 aromatic carbocycles. The Hall–Kier alpha value is -2.83. The molecule has 1 saturated heterocycles. The Balaban J connectivity index is 2.13. The van der Waals surface area contributed by atoms with Crippen LogP contribution in [0, 0.1) is 0 Å². The number of nitrogens with one attached hydrogen (secondary N) is 1. The number of benzene rings is 1. The molecule has 1 N–H and O–H groups in total. The third kappa shape index (κ3) is 2.65. The van der Waals surface area contributed by atoms with Gasteiger partial charge >= 0.3 is 5.69 Å². The molecule has 7 heteroatoms. The molecule has 0 spiro atoms. The second-order valence-corrected chi connectivity index (χ2v) is 5.60. The maximum Gasteiger partial charge on any atom is 0.332 e. The minimum Gasteiger partial charge on any atom is -0.352 e. The van der Waals surface area contributed by atoms with Gasteiger partial charge in [0.05, 0.1) is 12.6 Å². The Bertz CT molecular complexity index is 854. The summed E-state index contributed by atoms with van der Waals surface area (Å²) in [4.78, 5) is 37.8. The average Bonchev–Trinajstić information content (AvgIpc) is 2.57. The molecule has 0 radical (unpaired) electrons. The smallest absolute Gasteiger partial charge is 0.332 e. The number of anilines is 1. The van der Waals surface area contributed by atoms with Crippen LogP contribution in [0.2, 0.25) is 0 Å². The van der Waals surface area contributed by atoms with Crippen LogP contribution < -0.4 is 21.5 Å². The second kappa shape index (κ2) is 5.75. The zero-order chi connectivity index (χ0) is 16.6. The van der Waals surface area contributed by atoms with Crippen molar-refractivity contribution in [2.24, 2.45) is 14.1 Å². The molecule has 1 aliphatic heterocycles. The van der Waals surface area contributed by atoms with E-state index in [1.807, 2.05) is 30.3 Å². The number of aromatic nitrogens is 2. The van der Waals surface area contributed by atoms with Crippen LogP contribution in [0.15, 0.2) is 46.0 Å². The fourth-order valence-electron chi connectivity index (χ4n) is 2.85. The molecule has 0 aliphatic carbocycles. The molecular formula is C16H18N4O3. The molecule has 120 valence electrons. The summed E-state index contributed by atoms with van der Waals surface area (Å²) in [5.41, 5.74) is 0.215. The third-order valence-corrected chi connectivity index (χ3v) is 4.16. The Labute approximate surface area is 132 Å². The number of carbonyl (C=O) groups is 1. The van der Waals surface area contributed by atoms with Gasteiger partial charge in [-0.1, -0.05) is 30.3 Å². The molecule has 0 saturated carbocycles. The number of nitrogens with zero attached hydrogens (tertiary/aromatic N) is 3. The largest absolute Gasteiger partial charge is 0.352 e. The number of amides is 1. The number of carbonyl (C=O) groups excluding carboxylic acids is 1. The van der Waals surface area contributed by atoms with Crippen molar-refractivity contribution in [1.82, 2.24) is 14.5 Å². The molecule has 7 nitrogen and oxygen atoms in total. The monoisotopic (exact) mass is 314 g/mol.